The average molecular weight is 266 g/mol. The van der Waals surface area contributed by atoms with Gasteiger partial charge in [-0.3, -0.25) is 0 Å². The molecule has 1 saturated carbocycles. The SMILES string of the molecule is C[CH]Cc1cccc(N(C)C2CCC(F)(F)CC2)c1. The van der Waals surface area contributed by atoms with E-state index < -0.39 is 5.92 Å². The van der Waals surface area contributed by atoms with Crippen molar-refractivity contribution in [3.05, 3.63) is 36.2 Å². The van der Waals surface area contributed by atoms with Gasteiger partial charge in [0, 0.05) is 31.6 Å². The highest BCUT2D eigenvalue weighted by molar-refractivity contribution is 5.49. The second-order valence-electron chi connectivity index (χ2n) is 5.48. The lowest BCUT2D eigenvalue weighted by Gasteiger charge is -2.36. The van der Waals surface area contributed by atoms with E-state index in [0.717, 1.165) is 12.1 Å². The average Bonchev–Trinajstić information content (AvgIpc) is 2.39. The Morgan fingerprint density at radius 1 is 1.32 bits per heavy atom. The van der Waals surface area contributed by atoms with Crippen LogP contribution >= 0.6 is 0 Å². The number of anilines is 1. The van der Waals surface area contributed by atoms with Crippen molar-refractivity contribution in [1.82, 2.24) is 0 Å². The van der Waals surface area contributed by atoms with Crippen LogP contribution in [0.4, 0.5) is 14.5 Å². The van der Waals surface area contributed by atoms with Crippen LogP contribution in [-0.2, 0) is 6.42 Å². The molecule has 19 heavy (non-hydrogen) atoms. The summed E-state index contributed by atoms with van der Waals surface area (Å²) >= 11 is 0. The quantitative estimate of drug-likeness (QED) is 0.777. The maximum Gasteiger partial charge on any atom is 0.248 e. The second kappa shape index (κ2) is 5.89. The molecule has 0 aliphatic heterocycles. The van der Waals surface area contributed by atoms with Gasteiger partial charge in [0.05, 0.1) is 0 Å². The van der Waals surface area contributed by atoms with Gasteiger partial charge < -0.3 is 4.90 Å². The molecule has 105 valence electrons. The number of rotatable bonds is 4. The van der Waals surface area contributed by atoms with E-state index in [1.54, 1.807) is 0 Å². The molecule has 0 spiro atoms. The molecule has 1 aromatic rings. The van der Waals surface area contributed by atoms with E-state index in [-0.39, 0.29) is 18.9 Å². The standard InChI is InChI=1S/C16H22F2N/c1-3-5-13-6-4-7-15(12-13)19(2)14-8-10-16(17,18)11-9-14/h3-4,6-7,12,14H,5,8-11H2,1-2H3. The van der Waals surface area contributed by atoms with Crippen LogP contribution in [0.25, 0.3) is 0 Å². The normalized spacial score (nSPS) is 19.4. The number of benzene rings is 1. The minimum absolute atomic E-state index is 0.0183. The van der Waals surface area contributed by atoms with E-state index >= 15 is 0 Å². The van der Waals surface area contributed by atoms with Crippen molar-refractivity contribution in [2.75, 3.05) is 11.9 Å². The summed E-state index contributed by atoms with van der Waals surface area (Å²) in [6.07, 6.45) is 4.26. The predicted octanol–water partition coefficient (Wildman–Crippen LogP) is 4.47. The Hall–Kier alpha value is -1.12. The predicted molar refractivity (Wildman–Crippen MR) is 75.7 cm³/mol. The summed E-state index contributed by atoms with van der Waals surface area (Å²) in [5, 5.41) is 0. The summed E-state index contributed by atoms with van der Waals surface area (Å²) in [4.78, 5) is 2.16. The number of alkyl halides is 2. The van der Waals surface area contributed by atoms with Crippen LogP contribution in [0.2, 0.25) is 0 Å². The smallest absolute Gasteiger partial charge is 0.248 e. The third-order valence-corrected chi connectivity index (χ3v) is 3.99. The monoisotopic (exact) mass is 266 g/mol. The fourth-order valence-corrected chi connectivity index (χ4v) is 2.76. The van der Waals surface area contributed by atoms with Crippen LogP contribution in [-0.4, -0.2) is 19.0 Å². The number of hydrogen-bond acceptors (Lipinski definition) is 1. The zero-order valence-electron chi connectivity index (χ0n) is 11.7. The lowest BCUT2D eigenvalue weighted by atomic mass is 9.91. The van der Waals surface area contributed by atoms with Crippen molar-refractivity contribution in [3.63, 3.8) is 0 Å². The molecular weight excluding hydrogens is 244 g/mol. The molecule has 1 aromatic carbocycles. The van der Waals surface area contributed by atoms with Crippen molar-refractivity contribution in [3.8, 4) is 0 Å². The lowest BCUT2D eigenvalue weighted by Crippen LogP contribution is -2.38. The molecule has 0 heterocycles. The third-order valence-electron chi connectivity index (χ3n) is 3.99. The number of nitrogens with zero attached hydrogens (tertiary/aromatic N) is 1. The Labute approximate surface area is 114 Å². The number of hydrogen-bond donors (Lipinski definition) is 0. The highest BCUT2D eigenvalue weighted by Gasteiger charge is 2.36. The molecule has 1 radical (unpaired) electrons. The molecule has 1 aliphatic rings. The molecule has 0 aromatic heterocycles. The minimum Gasteiger partial charge on any atom is -0.372 e. The van der Waals surface area contributed by atoms with Crippen LogP contribution in [0.1, 0.15) is 38.2 Å². The molecule has 1 aliphatic carbocycles. The van der Waals surface area contributed by atoms with Gasteiger partial charge in [0.25, 0.3) is 0 Å². The van der Waals surface area contributed by atoms with Crippen molar-refractivity contribution in [2.24, 2.45) is 0 Å². The fourth-order valence-electron chi connectivity index (χ4n) is 2.76. The Morgan fingerprint density at radius 3 is 2.63 bits per heavy atom. The van der Waals surface area contributed by atoms with E-state index in [2.05, 4.69) is 29.5 Å². The van der Waals surface area contributed by atoms with Gasteiger partial charge in [-0.05, 0) is 43.4 Å². The van der Waals surface area contributed by atoms with Crippen LogP contribution in [0.3, 0.4) is 0 Å². The van der Waals surface area contributed by atoms with Gasteiger partial charge in [0.15, 0.2) is 0 Å². The summed E-state index contributed by atoms with van der Waals surface area (Å²) in [5.74, 6) is -2.45. The van der Waals surface area contributed by atoms with Gasteiger partial charge in [0.1, 0.15) is 0 Å². The maximum atomic E-state index is 13.2. The largest absolute Gasteiger partial charge is 0.372 e. The van der Waals surface area contributed by atoms with E-state index in [9.17, 15) is 8.78 Å². The Bertz CT molecular complexity index is 407. The first-order valence-corrected chi connectivity index (χ1v) is 6.99. The van der Waals surface area contributed by atoms with Gasteiger partial charge in [-0.2, -0.15) is 0 Å². The summed E-state index contributed by atoms with van der Waals surface area (Å²) in [6, 6.07) is 8.60. The Kier molecular flexibility index (Phi) is 4.43. The Balaban J connectivity index is 2.03. The molecule has 0 bridgehead atoms. The van der Waals surface area contributed by atoms with Crippen molar-refractivity contribution in [2.45, 2.75) is 51.0 Å². The molecule has 0 atom stereocenters. The lowest BCUT2D eigenvalue weighted by molar-refractivity contribution is -0.0377. The van der Waals surface area contributed by atoms with Crippen LogP contribution in [0, 0.1) is 6.42 Å². The zero-order valence-corrected chi connectivity index (χ0v) is 11.7. The molecule has 0 unspecified atom stereocenters. The third kappa shape index (κ3) is 3.68. The van der Waals surface area contributed by atoms with Gasteiger partial charge in [0.2, 0.25) is 5.92 Å². The van der Waals surface area contributed by atoms with Crippen molar-refractivity contribution < 1.29 is 8.78 Å². The molecule has 2 rings (SSSR count). The van der Waals surface area contributed by atoms with Gasteiger partial charge in [-0.1, -0.05) is 19.1 Å². The van der Waals surface area contributed by atoms with Gasteiger partial charge >= 0.3 is 0 Å². The van der Waals surface area contributed by atoms with Crippen molar-refractivity contribution >= 4 is 5.69 Å². The van der Waals surface area contributed by atoms with E-state index in [1.165, 1.54) is 5.56 Å². The molecule has 1 nitrogen and oxygen atoms in total. The van der Waals surface area contributed by atoms with E-state index in [4.69, 9.17) is 0 Å². The first-order chi connectivity index (χ1) is 9.02. The van der Waals surface area contributed by atoms with Crippen LogP contribution < -0.4 is 4.90 Å². The summed E-state index contributed by atoms with van der Waals surface area (Å²) in [6.45, 7) is 2.04. The summed E-state index contributed by atoms with van der Waals surface area (Å²) in [7, 11) is 2.02. The highest BCUT2D eigenvalue weighted by Crippen LogP contribution is 2.36. The van der Waals surface area contributed by atoms with E-state index in [0.29, 0.717) is 12.8 Å². The summed E-state index contributed by atoms with van der Waals surface area (Å²) in [5.41, 5.74) is 2.41. The van der Waals surface area contributed by atoms with Gasteiger partial charge in [-0.15, -0.1) is 0 Å². The number of halogens is 2. The Morgan fingerprint density at radius 2 is 2.00 bits per heavy atom. The molecule has 3 heteroatoms. The zero-order chi connectivity index (χ0) is 13.9. The highest BCUT2D eigenvalue weighted by atomic mass is 19.3. The second-order valence-corrected chi connectivity index (χ2v) is 5.48. The molecule has 1 fully saturated rings. The van der Waals surface area contributed by atoms with Crippen LogP contribution in [0.5, 0.6) is 0 Å². The minimum atomic E-state index is -2.45. The fraction of sp³-hybridized carbons (Fsp3) is 0.562. The topological polar surface area (TPSA) is 3.24 Å². The first kappa shape index (κ1) is 14.3. The molecule has 0 N–H and O–H groups in total. The molecule has 0 amide bonds. The maximum absolute atomic E-state index is 13.2. The van der Waals surface area contributed by atoms with Crippen molar-refractivity contribution in [1.29, 1.82) is 0 Å². The summed E-state index contributed by atoms with van der Waals surface area (Å²) < 4.78 is 26.4. The van der Waals surface area contributed by atoms with E-state index in [1.807, 2.05) is 20.0 Å². The molecule has 0 saturated heterocycles. The first-order valence-electron chi connectivity index (χ1n) is 6.99. The molecular formula is C16H22F2N. The van der Waals surface area contributed by atoms with Gasteiger partial charge in [-0.25, -0.2) is 8.78 Å². The van der Waals surface area contributed by atoms with Crippen LogP contribution in [0.15, 0.2) is 24.3 Å².